The van der Waals surface area contributed by atoms with Crippen molar-refractivity contribution >= 4 is 43.3 Å². The van der Waals surface area contributed by atoms with E-state index in [9.17, 15) is 13.2 Å². The van der Waals surface area contributed by atoms with E-state index < -0.39 is 16.0 Å². The van der Waals surface area contributed by atoms with Crippen LogP contribution in [0.1, 0.15) is 36.4 Å². The molecule has 2 heterocycles. The molecule has 0 spiro atoms. The Kier molecular flexibility index (Phi) is 4.30. The molecule has 1 aliphatic rings. The van der Waals surface area contributed by atoms with Crippen LogP contribution in [0.15, 0.2) is 14.7 Å². The van der Waals surface area contributed by atoms with Crippen molar-refractivity contribution < 1.29 is 18.3 Å². The molecule has 8 heteroatoms. The van der Waals surface area contributed by atoms with E-state index in [4.69, 9.17) is 5.11 Å². The number of carboxylic acids is 1. The summed E-state index contributed by atoms with van der Waals surface area (Å²) in [7, 11) is -3.64. The minimum atomic E-state index is -3.64. The van der Waals surface area contributed by atoms with Gasteiger partial charge in [-0.1, -0.05) is 13.8 Å². The molecule has 0 aliphatic carbocycles. The van der Waals surface area contributed by atoms with Crippen LogP contribution in [0.3, 0.4) is 0 Å². The second kappa shape index (κ2) is 5.40. The number of nitrogens with zero attached hydrogens (tertiary/aromatic N) is 1. The SMILES string of the molecule is CC1(C)CCCN(S(=O)(=O)c2cc(C(=O)O)sc2Br)C1. The molecular weight excluding hydrogens is 366 g/mol. The van der Waals surface area contributed by atoms with Gasteiger partial charge in [-0.05, 0) is 40.3 Å². The Balaban J connectivity index is 2.37. The van der Waals surface area contributed by atoms with Gasteiger partial charge in [0, 0.05) is 13.1 Å². The third kappa shape index (κ3) is 3.08. The molecule has 1 aromatic heterocycles. The zero-order valence-corrected chi connectivity index (χ0v) is 14.4. The lowest BCUT2D eigenvalue weighted by atomic mass is 9.85. The topological polar surface area (TPSA) is 74.7 Å². The number of thiophene rings is 1. The van der Waals surface area contributed by atoms with E-state index in [1.165, 1.54) is 10.4 Å². The summed E-state index contributed by atoms with van der Waals surface area (Å²) >= 11 is 4.09. The fraction of sp³-hybridized carbons (Fsp3) is 0.583. The predicted octanol–water partition coefficient (Wildman–Crippen LogP) is 3.02. The number of hydrogen-bond acceptors (Lipinski definition) is 4. The summed E-state index contributed by atoms with van der Waals surface area (Å²) in [4.78, 5) is 11.0. The van der Waals surface area contributed by atoms with Gasteiger partial charge < -0.3 is 5.11 Å². The molecule has 0 aromatic carbocycles. The van der Waals surface area contributed by atoms with Crippen LogP contribution < -0.4 is 0 Å². The average Bonchev–Trinajstić information content (AvgIpc) is 2.71. The number of carboxylic acid groups (broad SMARTS) is 1. The van der Waals surface area contributed by atoms with Crippen LogP contribution >= 0.6 is 27.3 Å². The van der Waals surface area contributed by atoms with Crippen molar-refractivity contribution in [2.45, 2.75) is 31.6 Å². The molecule has 112 valence electrons. The number of halogens is 1. The second-order valence-corrected chi connectivity index (χ2v) is 9.94. The van der Waals surface area contributed by atoms with Crippen molar-refractivity contribution in [2.24, 2.45) is 5.41 Å². The second-order valence-electron chi connectivity index (χ2n) is 5.66. The summed E-state index contributed by atoms with van der Waals surface area (Å²) in [6, 6.07) is 1.23. The van der Waals surface area contributed by atoms with Gasteiger partial charge in [0.1, 0.15) is 9.77 Å². The summed E-state index contributed by atoms with van der Waals surface area (Å²) < 4.78 is 27.1. The molecule has 5 nitrogen and oxygen atoms in total. The summed E-state index contributed by atoms with van der Waals surface area (Å²) in [5.74, 6) is -1.11. The van der Waals surface area contributed by atoms with Gasteiger partial charge in [-0.15, -0.1) is 11.3 Å². The number of carbonyl (C=O) groups is 1. The van der Waals surface area contributed by atoms with E-state index in [0.717, 1.165) is 24.2 Å². The molecule has 0 saturated carbocycles. The van der Waals surface area contributed by atoms with Crippen LogP contribution in [0.5, 0.6) is 0 Å². The van der Waals surface area contributed by atoms with Crippen molar-refractivity contribution in [3.8, 4) is 0 Å². The monoisotopic (exact) mass is 381 g/mol. The lowest BCUT2D eigenvalue weighted by molar-refractivity contribution is 0.0702. The molecule has 20 heavy (non-hydrogen) atoms. The fourth-order valence-corrected chi connectivity index (χ4v) is 6.37. The maximum atomic E-state index is 12.6. The molecule has 2 rings (SSSR count). The maximum Gasteiger partial charge on any atom is 0.345 e. The lowest BCUT2D eigenvalue weighted by Crippen LogP contribution is -2.43. The molecule has 0 amide bonds. The number of sulfonamides is 1. The first-order valence-corrected chi connectivity index (χ1v) is 9.21. The molecule has 1 N–H and O–H groups in total. The first kappa shape index (κ1) is 15.9. The standard InChI is InChI=1S/C12H16BrNO4S2/c1-12(2)4-3-5-14(7-12)20(17,18)9-6-8(11(15)16)19-10(9)13/h6H,3-5,7H2,1-2H3,(H,15,16). The summed E-state index contributed by atoms with van der Waals surface area (Å²) in [6.45, 7) is 5.02. The highest BCUT2D eigenvalue weighted by Crippen LogP contribution is 2.37. The quantitative estimate of drug-likeness (QED) is 0.872. The molecule has 0 bridgehead atoms. The van der Waals surface area contributed by atoms with Gasteiger partial charge in [0.15, 0.2) is 0 Å². The van der Waals surface area contributed by atoms with Crippen molar-refractivity contribution in [3.63, 3.8) is 0 Å². The van der Waals surface area contributed by atoms with Gasteiger partial charge in [0.2, 0.25) is 10.0 Å². The summed E-state index contributed by atoms with van der Waals surface area (Å²) in [5, 5.41) is 8.96. The van der Waals surface area contributed by atoms with E-state index in [-0.39, 0.29) is 15.2 Å². The van der Waals surface area contributed by atoms with Crippen molar-refractivity contribution in [1.29, 1.82) is 0 Å². The number of hydrogen-bond donors (Lipinski definition) is 1. The predicted molar refractivity (Wildman–Crippen MR) is 80.8 cm³/mol. The summed E-state index contributed by atoms with van der Waals surface area (Å²) in [5.41, 5.74) is -0.0521. The number of rotatable bonds is 3. The van der Waals surface area contributed by atoms with E-state index in [2.05, 4.69) is 15.9 Å². The molecule has 0 atom stereocenters. The maximum absolute atomic E-state index is 12.6. The Morgan fingerprint density at radius 1 is 1.50 bits per heavy atom. The normalized spacial score (nSPS) is 19.9. The van der Waals surface area contributed by atoms with Crippen LogP contribution in [0.25, 0.3) is 0 Å². The number of aromatic carboxylic acids is 1. The molecule has 0 radical (unpaired) electrons. The Morgan fingerprint density at radius 2 is 2.15 bits per heavy atom. The lowest BCUT2D eigenvalue weighted by Gasteiger charge is -2.37. The molecule has 1 saturated heterocycles. The zero-order chi connectivity index (χ0) is 15.1. The highest BCUT2D eigenvalue weighted by molar-refractivity contribution is 9.11. The molecule has 1 aromatic rings. The Morgan fingerprint density at radius 3 is 2.65 bits per heavy atom. The highest BCUT2D eigenvalue weighted by Gasteiger charge is 2.36. The van der Waals surface area contributed by atoms with Crippen molar-refractivity contribution in [1.82, 2.24) is 4.31 Å². The van der Waals surface area contributed by atoms with Crippen LogP contribution in [-0.4, -0.2) is 36.9 Å². The fourth-order valence-electron chi connectivity index (χ4n) is 2.35. The molecular formula is C12H16BrNO4S2. The van der Waals surface area contributed by atoms with Gasteiger partial charge in [-0.2, -0.15) is 4.31 Å². The summed E-state index contributed by atoms with van der Waals surface area (Å²) in [6.07, 6.45) is 1.81. The van der Waals surface area contributed by atoms with Gasteiger partial charge in [-0.25, -0.2) is 13.2 Å². The Hall–Kier alpha value is -0.440. The van der Waals surface area contributed by atoms with Gasteiger partial charge >= 0.3 is 5.97 Å². The van der Waals surface area contributed by atoms with Crippen LogP contribution in [0.4, 0.5) is 0 Å². The van der Waals surface area contributed by atoms with Gasteiger partial charge in [0.25, 0.3) is 0 Å². The minimum absolute atomic E-state index is 0.0201. The first-order valence-electron chi connectivity index (χ1n) is 6.16. The molecule has 0 unspecified atom stereocenters. The van der Waals surface area contributed by atoms with E-state index in [0.29, 0.717) is 16.9 Å². The third-order valence-electron chi connectivity index (χ3n) is 3.35. The molecule has 1 fully saturated rings. The highest BCUT2D eigenvalue weighted by atomic mass is 79.9. The van der Waals surface area contributed by atoms with Crippen LogP contribution in [0.2, 0.25) is 0 Å². The van der Waals surface area contributed by atoms with Crippen molar-refractivity contribution in [3.05, 3.63) is 14.7 Å². The average molecular weight is 382 g/mol. The largest absolute Gasteiger partial charge is 0.477 e. The van der Waals surface area contributed by atoms with Gasteiger partial charge in [0.05, 0.1) is 3.79 Å². The van der Waals surface area contributed by atoms with Crippen LogP contribution in [0, 0.1) is 5.41 Å². The first-order chi connectivity index (χ1) is 9.13. The van der Waals surface area contributed by atoms with Gasteiger partial charge in [-0.3, -0.25) is 0 Å². The third-order valence-corrected chi connectivity index (χ3v) is 7.43. The smallest absolute Gasteiger partial charge is 0.345 e. The van der Waals surface area contributed by atoms with Crippen LogP contribution in [-0.2, 0) is 10.0 Å². The molecule has 1 aliphatic heterocycles. The van der Waals surface area contributed by atoms with E-state index in [1.807, 2.05) is 13.8 Å². The van der Waals surface area contributed by atoms with E-state index >= 15 is 0 Å². The zero-order valence-electron chi connectivity index (χ0n) is 11.2. The Bertz CT molecular complexity index is 636. The number of piperidine rings is 1. The minimum Gasteiger partial charge on any atom is -0.477 e. The Labute approximate surface area is 130 Å². The van der Waals surface area contributed by atoms with E-state index in [1.54, 1.807) is 0 Å². The van der Waals surface area contributed by atoms with Crippen molar-refractivity contribution in [2.75, 3.05) is 13.1 Å².